The summed E-state index contributed by atoms with van der Waals surface area (Å²) in [7, 11) is 0. The van der Waals surface area contributed by atoms with Crippen LogP contribution in [-0.4, -0.2) is 28.0 Å². The lowest BCUT2D eigenvalue weighted by Crippen LogP contribution is -2.41. The fraction of sp³-hybridized carbons (Fsp3) is 0.353. The minimum absolute atomic E-state index is 0.228. The summed E-state index contributed by atoms with van der Waals surface area (Å²) in [4.78, 5) is 20.5. The summed E-state index contributed by atoms with van der Waals surface area (Å²) < 4.78 is 0. The van der Waals surface area contributed by atoms with E-state index in [2.05, 4.69) is 20.6 Å². The average molecular weight is 367 g/mol. The number of hydrogen-bond acceptors (Lipinski definition) is 4. The predicted molar refractivity (Wildman–Crippen MR) is 97.9 cm³/mol. The molecule has 0 aliphatic heterocycles. The first-order valence-electron chi connectivity index (χ1n) is 7.58. The first-order chi connectivity index (χ1) is 11.2. The highest BCUT2D eigenvalue weighted by atomic mass is 35.5. The third kappa shape index (κ3) is 5.65. The zero-order valence-corrected chi connectivity index (χ0v) is 15.4. The molecule has 0 saturated carbocycles. The second kappa shape index (κ2) is 7.81. The van der Waals surface area contributed by atoms with E-state index < -0.39 is 0 Å². The minimum Gasteiger partial charge on any atom is -0.354 e. The van der Waals surface area contributed by atoms with E-state index in [0.29, 0.717) is 34.7 Å². The number of nitrogens with zero attached hydrogens (tertiary/aromatic N) is 2. The predicted octanol–water partition coefficient (Wildman–Crippen LogP) is 3.97. The highest BCUT2D eigenvalue weighted by molar-refractivity contribution is 6.35. The van der Waals surface area contributed by atoms with Crippen molar-refractivity contribution in [3.63, 3.8) is 0 Å². The van der Waals surface area contributed by atoms with E-state index in [4.69, 9.17) is 23.2 Å². The second-order valence-corrected chi connectivity index (χ2v) is 7.23. The van der Waals surface area contributed by atoms with Crippen molar-refractivity contribution < 1.29 is 4.79 Å². The number of hydrogen-bond donors (Lipinski definition) is 2. The number of aromatic nitrogens is 2. The van der Waals surface area contributed by atoms with Gasteiger partial charge in [0.2, 0.25) is 5.95 Å². The molecule has 0 aliphatic carbocycles. The van der Waals surface area contributed by atoms with Crippen LogP contribution in [0.15, 0.2) is 30.5 Å². The maximum Gasteiger partial charge on any atom is 0.270 e. The lowest BCUT2D eigenvalue weighted by Gasteiger charge is -2.20. The van der Waals surface area contributed by atoms with Crippen molar-refractivity contribution in [2.24, 2.45) is 0 Å². The van der Waals surface area contributed by atoms with Gasteiger partial charge in [0.05, 0.1) is 0 Å². The maximum absolute atomic E-state index is 12.1. The van der Waals surface area contributed by atoms with Gasteiger partial charge in [0.1, 0.15) is 5.69 Å². The molecule has 0 radical (unpaired) electrons. The Bertz CT molecular complexity index is 729. The molecule has 0 saturated heterocycles. The van der Waals surface area contributed by atoms with Crippen molar-refractivity contribution in [3.8, 4) is 0 Å². The van der Waals surface area contributed by atoms with Gasteiger partial charge < -0.3 is 10.6 Å². The molecular weight excluding hydrogens is 347 g/mol. The number of carbonyl (C=O) groups excluding carboxylic acids is 1. The maximum atomic E-state index is 12.1. The third-order valence-corrected chi connectivity index (χ3v) is 3.66. The lowest BCUT2D eigenvalue weighted by molar-refractivity contribution is 0.0914. The van der Waals surface area contributed by atoms with Crippen molar-refractivity contribution in [1.29, 1.82) is 0 Å². The average Bonchev–Trinajstić information content (AvgIpc) is 2.48. The van der Waals surface area contributed by atoms with Gasteiger partial charge in [0.15, 0.2) is 0 Å². The zero-order chi connectivity index (χ0) is 17.7. The SMILES string of the molecule is CC(C)(C)NC(=O)c1ccnc(NCCc2ccc(Cl)cc2Cl)n1. The Labute approximate surface area is 151 Å². The molecule has 0 aliphatic rings. The van der Waals surface area contributed by atoms with Crippen LogP contribution in [0.5, 0.6) is 0 Å². The Kier molecular flexibility index (Phi) is 6.02. The largest absolute Gasteiger partial charge is 0.354 e. The summed E-state index contributed by atoms with van der Waals surface area (Å²) in [5, 5.41) is 7.21. The fourth-order valence-electron chi connectivity index (χ4n) is 2.01. The van der Waals surface area contributed by atoms with Gasteiger partial charge in [-0.05, 0) is 51.0 Å². The number of amides is 1. The highest BCUT2D eigenvalue weighted by Gasteiger charge is 2.16. The van der Waals surface area contributed by atoms with Crippen LogP contribution in [0.3, 0.4) is 0 Å². The van der Waals surface area contributed by atoms with Gasteiger partial charge >= 0.3 is 0 Å². The molecule has 2 rings (SSSR count). The van der Waals surface area contributed by atoms with Gasteiger partial charge in [-0.1, -0.05) is 29.3 Å². The monoisotopic (exact) mass is 366 g/mol. The van der Waals surface area contributed by atoms with Crippen LogP contribution < -0.4 is 10.6 Å². The highest BCUT2D eigenvalue weighted by Crippen LogP contribution is 2.21. The molecule has 1 aromatic carbocycles. The van der Waals surface area contributed by atoms with Crippen molar-refractivity contribution in [1.82, 2.24) is 15.3 Å². The zero-order valence-electron chi connectivity index (χ0n) is 13.9. The smallest absolute Gasteiger partial charge is 0.270 e. The lowest BCUT2D eigenvalue weighted by atomic mass is 10.1. The standard InChI is InChI=1S/C17H20Cl2N4O/c1-17(2,3)23-15(24)14-7-9-21-16(22-14)20-8-6-11-4-5-12(18)10-13(11)19/h4-5,7,9-10H,6,8H2,1-3H3,(H,23,24)(H,20,21,22). The van der Waals surface area contributed by atoms with Crippen LogP contribution in [0, 0.1) is 0 Å². The summed E-state index contributed by atoms with van der Waals surface area (Å²) >= 11 is 12.0. The van der Waals surface area contributed by atoms with Crippen molar-refractivity contribution >= 4 is 35.1 Å². The molecular formula is C17H20Cl2N4O. The summed E-state index contributed by atoms with van der Waals surface area (Å²) in [6, 6.07) is 6.99. The van der Waals surface area contributed by atoms with Crippen LogP contribution in [0.1, 0.15) is 36.8 Å². The molecule has 5 nitrogen and oxygen atoms in total. The van der Waals surface area contributed by atoms with E-state index in [-0.39, 0.29) is 11.4 Å². The molecule has 1 amide bonds. The van der Waals surface area contributed by atoms with E-state index in [9.17, 15) is 4.79 Å². The van der Waals surface area contributed by atoms with E-state index in [1.54, 1.807) is 24.4 Å². The molecule has 0 atom stereocenters. The number of halogens is 2. The van der Waals surface area contributed by atoms with Crippen LogP contribution in [0.4, 0.5) is 5.95 Å². The van der Waals surface area contributed by atoms with E-state index >= 15 is 0 Å². The summed E-state index contributed by atoms with van der Waals surface area (Å²) in [5.41, 5.74) is 0.989. The van der Waals surface area contributed by atoms with E-state index in [0.717, 1.165) is 5.56 Å². The molecule has 0 bridgehead atoms. The van der Waals surface area contributed by atoms with Crippen LogP contribution in [0.2, 0.25) is 10.0 Å². The van der Waals surface area contributed by atoms with Crippen molar-refractivity contribution in [2.75, 3.05) is 11.9 Å². The van der Waals surface area contributed by atoms with Gasteiger partial charge in [-0.3, -0.25) is 4.79 Å². The molecule has 24 heavy (non-hydrogen) atoms. The molecule has 1 aromatic heterocycles. The molecule has 7 heteroatoms. The number of benzene rings is 1. The Hall–Kier alpha value is -1.85. The van der Waals surface area contributed by atoms with Gasteiger partial charge in [0, 0.05) is 28.3 Å². The number of rotatable bonds is 5. The van der Waals surface area contributed by atoms with E-state index in [1.165, 1.54) is 0 Å². The molecule has 2 N–H and O–H groups in total. The van der Waals surface area contributed by atoms with Crippen LogP contribution in [0.25, 0.3) is 0 Å². The molecule has 128 valence electrons. The Morgan fingerprint density at radius 1 is 1.21 bits per heavy atom. The van der Waals surface area contributed by atoms with Crippen molar-refractivity contribution in [2.45, 2.75) is 32.7 Å². The molecule has 2 aromatic rings. The third-order valence-electron chi connectivity index (χ3n) is 3.07. The van der Waals surface area contributed by atoms with Gasteiger partial charge in [-0.2, -0.15) is 0 Å². The first-order valence-corrected chi connectivity index (χ1v) is 8.33. The first kappa shape index (κ1) is 18.5. The van der Waals surface area contributed by atoms with Crippen LogP contribution in [-0.2, 0) is 6.42 Å². The van der Waals surface area contributed by atoms with Gasteiger partial charge in [-0.25, -0.2) is 9.97 Å². The van der Waals surface area contributed by atoms with Gasteiger partial charge in [-0.15, -0.1) is 0 Å². The summed E-state index contributed by atoms with van der Waals surface area (Å²) in [6.45, 7) is 6.34. The quantitative estimate of drug-likeness (QED) is 0.839. The molecule has 0 spiro atoms. The number of carbonyl (C=O) groups is 1. The number of anilines is 1. The fourth-order valence-corrected chi connectivity index (χ4v) is 2.51. The summed E-state index contributed by atoms with van der Waals surface area (Å²) in [6.07, 6.45) is 2.25. The molecule has 0 fully saturated rings. The Morgan fingerprint density at radius 3 is 2.62 bits per heavy atom. The Morgan fingerprint density at radius 2 is 1.96 bits per heavy atom. The Balaban J connectivity index is 1.96. The minimum atomic E-state index is -0.318. The van der Waals surface area contributed by atoms with E-state index in [1.807, 2.05) is 26.8 Å². The molecule has 1 heterocycles. The normalized spacial score (nSPS) is 11.2. The number of nitrogens with one attached hydrogen (secondary N) is 2. The summed E-state index contributed by atoms with van der Waals surface area (Å²) in [5.74, 6) is 0.176. The van der Waals surface area contributed by atoms with Crippen molar-refractivity contribution in [3.05, 3.63) is 51.8 Å². The van der Waals surface area contributed by atoms with Crippen LogP contribution >= 0.6 is 23.2 Å². The van der Waals surface area contributed by atoms with Gasteiger partial charge in [0.25, 0.3) is 5.91 Å². The topological polar surface area (TPSA) is 66.9 Å². The molecule has 0 unspecified atom stereocenters. The second-order valence-electron chi connectivity index (χ2n) is 6.38.